The smallest absolute Gasteiger partial charge is 0.298 e. The van der Waals surface area contributed by atoms with E-state index >= 15 is 0 Å². The molecule has 106 valence electrons. The molecule has 0 atom stereocenters. The molecule has 21 heavy (non-hydrogen) atoms. The number of nitrogens with zero attached hydrogens (tertiary/aromatic N) is 1. The Bertz CT molecular complexity index is 754. The fourth-order valence-electron chi connectivity index (χ4n) is 1.82. The van der Waals surface area contributed by atoms with Crippen molar-refractivity contribution in [3.63, 3.8) is 0 Å². The van der Waals surface area contributed by atoms with E-state index in [4.69, 9.17) is 4.42 Å². The van der Waals surface area contributed by atoms with Gasteiger partial charge in [-0.1, -0.05) is 0 Å². The highest BCUT2D eigenvalue weighted by Gasteiger charge is 2.36. The summed E-state index contributed by atoms with van der Waals surface area (Å²) in [6.07, 6.45) is 1.50. The zero-order valence-corrected chi connectivity index (χ0v) is 12.8. The van der Waals surface area contributed by atoms with Gasteiger partial charge in [0.05, 0.1) is 10.6 Å². The van der Waals surface area contributed by atoms with Gasteiger partial charge in [0.25, 0.3) is 11.1 Å². The van der Waals surface area contributed by atoms with Crippen molar-refractivity contribution in [1.29, 1.82) is 0 Å². The van der Waals surface area contributed by atoms with Crippen molar-refractivity contribution in [2.75, 3.05) is 4.90 Å². The lowest BCUT2D eigenvalue weighted by molar-refractivity contribution is -0.113. The Labute approximate surface area is 131 Å². The number of furan rings is 1. The summed E-state index contributed by atoms with van der Waals surface area (Å²) in [6, 6.07) is 8.54. The van der Waals surface area contributed by atoms with Crippen LogP contribution in [0.5, 0.6) is 0 Å². The van der Waals surface area contributed by atoms with Crippen LogP contribution < -0.4 is 4.90 Å². The van der Waals surface area contributed by atoms with Crippen LogP contribution in [0.4, 0.5) is 14.9 Å². The molecule has 1 aliphatic heterocycles. The Hall–Kier alpha value is -1.86. The van der Waals surface area contributed by atoms with Crippen LogP contribution in [-0.4, -0.2) is 11.1 Å². The van der Waals surface area contributed by atoms with Gasteiger partial charge >= 0.3 is 0 Å². The van der Waals surface area contributed by atoms with Crippen LogP contribution >= 0.6 is 27.7 Å². The number of rotatable bonds is 2. The van der Waals surface area contributed by atoms with Gasteiger partial charge in [-0.3, -0.25) is 9.59 Å². The predicted octanol–water partition coefficient (Wildman–Crippen LogP) is 4.42. The summed E-state index contributed by atoms with van der Waals surface area (Å²) in [5.74, 6) is -0.419. The second-order valence-corrected chi connectivity index (χ2v) is 5.91. The summed E-state index contributed by atoms with van der Waals surface area (Å²) >= 11 is 3.98. The van der Waals surface area contributed by atoms with Gasteiger partial charge in [-0.2, -0.15) is 0 Å². The highest BCUT2D eigenvalue weighted by molar-refractivity contribution is 9.10. The average molecular weight is 368 g/mol. The maximum Gasteiger partial charge on any atom is 0.298 e. The van der Waals surface area contributed by atoms with E-state index in [1.807, 2.05) is 0 Å². The fourth-order valence-corrected chi connectivity index (χ4v) is 2.96. The van der Waals surface area contributed by atoms with Crippen LogP contribution in [-0.2, 0) is 4.79 Å². The number of hydrogen-bond donors (Lipinski definition) is 0. The van der Waals surface area contributed by atoms with Gasteiger partial charge in [-0.05, 0) is 64.1 Å². The third-order valence-electron chi connectivity index (χ3n) is 2.75. The van der Waals surface area contributed by atoms with Gasteiger partial charge in [-0.25, -0.2) is 9.29 Å². The lowest BCUT2D eigenvalue weighted by Crippen LogP contribution is -2.27. The molecule has 2 heterocycles. The second kappa shape index (κ2) is 5.50. The molecule has 7 heteroatoms. The van der Waals surface area contributed by atoms with E-state index in [0.29, 0.717) is 16.1 Å². The number of halogens is 2. The topological polar surface area (TPSA) is 50.5 Å². The zero-order chi connectivity index (χ0) is 15.0. The summed E-state index contributed by atoms with van der Waals surface area (Å²) in [5, 5.41) is -0.427. The molecular formula is C14H7BrFNO3S. The zero-order valence-electron chi connectivity index (χ0n) is 10.4. The van der Waals surface area contributed by atoms with Gasteiger partial charge in [-0.15, -0.1) is 0 Å². The average Bonchev–Trinajstić information content (AvgIpc) is 2.96. The number of anilines is 1. The molecule has 2 aromatic rings. The molecule has 1 aliphatic rings. The summed E-state index contributed by atoms with van der Waals surface area (Å²) in [7, 11) is 0. The summed E-state index contributed by atoms with van der Waals surface area (Å²) < 4.78 is 18.7. The van der Waals surface area contributed by atoms with E-state index in [2.05, 4.69) is 15.9 Å². The second-order valence-electron chi connectivity index (χ2n) is 4.14. The Kier molecular flexibility index (Phi) is 3.69. The maximum atomic E-state index is 12.9. The molecule has 0 spiro atoms. The molecule has 4 nitrogen and oxygen atoms in total. The lowest BCUT2D eigenvalue weighted by Gasteiger charge is -2.11. The molecule has 0 unspecified atom stereocenters. The standard InChI is InChI=1S/C14H7BrFNO3S/c15-12-6-5-10(20-12)7-11-13(18)17(14(19)21-11)9-3-1-8(16)2-4-9/h1-7H/b11-7+. The number of carbonyl (C=O) groups excluding carboxylic acids is 2. The first kappa shape index (κ1) is 14.1. The molecule has 1 fully saturated rings. The van der Waals surface area contributed by atoms with Crippen LogP contribution in [0.2, 0.25) is 0 Å². The van der Waals surface area contributed by atoms with Crippen LogP contribution in [0.1, 0.15) is 5.76 Å². The first-order chi connectivity index (χ1) is 10.0. The van der Waals surface area contributed by atoms with Gasteiger partial charge in [0.1, 0.15) is 11.6 Å². The number of thioether (sulfide) groups is 1. The van der Waals surface area contributed by atoms with Crippen molar-refractivity contribution in [3.05, 3.63) is 57.6 Å². The molecule has 2 amide bonds. The van der Waals surface area contributed by atoms with Gasteiger partial charge in [0.2, 0.25) is 0 Å². The molecule has 0 aliphatic carbocycles. The van der Waals surface area contributed by atoms with Crippen LogP contribution in [0.15, 0.2) is 50.4 Å². The molecular weight excluding hydrogens is 361 g/mol. The molecule has 1 aromatic carbocycles. The van der Waals surface area contributed by atoms with Crippen LogP contribution in [0.3, 0.4) is 0 Å². The molecule has 0 N–H and O–H groups in total. The molecule has 3 rings (SSSR count). The SMILES string of the molecule is O=C1S/C(=C/c2ccc(Br)o2)C(=O)N1c1ccc(F)cc1. The van der Waals surface area contributed by atoms with Crippen molar-refractivity contribution >= 4 is 50.6 Å². The summed E-state index contributed by atoms with van der Waals surface area (Å²) in [6.45, 7) is 0. The molecule has 0 radical (unpaired) electrons. The van der Waals surface area contributed by atoms with Crippen LogP contribution in [0, 0.1) is 5.82 Å². The quantitative estimate of drug-likeness (QED) is 0.737. The van der Waals surface area contributed by atoms with Gasteiger partial charge < -0.3 is 4.42 Å². The number of imide groups is 1. The van der Waals surface area contributed by atoms with E-state index in [9.17, 15) is 14.0 Å². The first-order valence-electron chi connectivity index (χ1n) is 5.83. The van der Waals surface area contributed by atoms with Crippen molar-refractivity contribution in [1.82, 2.24) is 0 Å². The van der Waals surface area contributed by atoms with E-state index in [-0.39, 0.29) is 4.91 Å². The lowest BCUT2D eigenvalue weighted by atomic mass is 10.2. The Balaban J connectivity index is 1.92. The third-order valence-corrected chi connectivity index (χ3v) is 4.04. The number of carbonyl (C=O) groups is 2. The highest BCUT2D eigenvalue weighted by Crippen LogP contribution is 2.36. The fraction of sp³-hybridized carbons (Fsp3) is 0. The molecule has 0 saturated carbocycles. The summed E-state index contributed by atoms with van der Waals surface area (Å²) in [5.41, 5.74) is 0.336. The van der Waals surface area contributed by atoms with Crippen molar-refractivity contribution < 1.29 is 18.4 Å². The maximum absolute atomic E-state index is 12.9. The Morgan fingerprint density at radius 3 is 2.48 bits per heavy atom. The Morgan fingerprint density at radius 1 is 1.14 bits per heavy atom. The largest absolute Gasteiger partial charge is 0.450 e. The third kappa shape index (κ3) is 2.79. The van der Waals surface area contributed by atoms with E-state index in [1.54, 1.807) is 12.1 Å². The van der Waals surface area contributed by atoms with Crippen molar-refractivity contribution in [3.8, 4) is 0 Å². The molecule has 1 saturated heterocycles. The normalized spacial score (nSPS) is 17.0. The monoisotopic (exact) mass is 367 g/mol. The highest BCUT2D eigenvalue weighted by atomic mass is 79.9. The van der Waals surface area contributed by atoms with E-state index in [1.165, 1.54) is 30.3 Å². The minimum atomic E-state index is -0.455. The minimum absolute atomic E-state index is 0.256. The summed E-state index contributed by atoms with van der Waals surface area (Å²) in [4.78, 5) is 25.5. The molecule has 0 bridgehead atoms. The van der Waals surface area contributed by atoms with Gasteiger partial charge in [0.15, 0.2) is 4.67 Å². The number of hydrogen-bond acceptors (Lipinski definition) is 4. The van der Waals surface area contributed by atoms with Crippen LogP contribution in [0.25, 0.3) is 6.08 Å². The van der Waals surface area contributed by atoms with Crippen molar-refractivity contribution in [2.24, 2.45) is 0 Å². The number of benzene rings is 1. The van der Waals surface area contributed by atoms with Crippen molar-refractivity contribution in [2.45, 2.75) is 0 Å². The van der Waals surface area contributed by atoms with Gasteiger partial charge in [0, 0.05) is 6.08 Å². The molecule has 1 aromatic heterocycles. The number of amides is 2. The van der Waals surface area contributed by atoms with E-state index < -0.39 is 17.0 Å². The Morgan fingerprint density at radius 2 is 1.86 bits per heavy atom. The first-order valence-corrected chi connectivity index (χ1v) is 7.44. The van der Waals surface area contributed by atoms with E-state index in [0.717, 1.165) is 16.7 Å². The minimum Gasteiger partial charge on any atom is -0.450 e. The predicted molar refractivity (Wildman–Crippen MR) is 81.3 cm³/mol.